The minimum Gasteiger partial charge on any atom is -0.495 e. The zero-order chi connectivity index (χ0) is 13.9. The molecule has 0 bridgehead atoms. The van der Waals surface area contributed by atoms with Gasteiger partial charge in [0.2, 0.25) is 0 Å². The zero-order valence-corrected chi connectivity index (χ0v) is 12.0. The Morgan fingerprint density at radius 2 is 2.11 bits per heavy atom. The largest absolute Gasteiger partial charge is 0.495 e. The first-order chi connectivity index (χ1) is 9.31. The van der Waals surface area contributed by atoms with Crippen LogP contribution in [-0.4, -0.2) is 36.3 Å². The molecule has 0 fully saturated rings. The van der Waals surface area contributed by atoms with Gasteiger partial charge in [-0.3, -0.25) is 0 Å². The lowest BCUT2D eigenvalue weighted by Gasteiger charge is -2.06. The van der Waals surface area contributed by atoms with Crippen LogP contribution in [0.25, 0.3) is 0 Å². The highest BCUT2D eigenvalue weighted by Gasteiger charge is 2.02. The molecule has 0 heterocycles. The lowest BCUT2D eigenvalue weighted by Crippen LogP contribution is -1.92. The second kappa shape index (κ2) is 9.74. The number of methoxy groups -OCH3 is 1. The SMILES string of the molecule is COc1ccc(CSCCCO)cc1C#CCCO. The van der Waals surface area contributed by atoms with Crippen molar-refractivity contribution in [2.24, 2.45) is 0 Å². The topological polar surface area (TPSA) is 49.7 Å². The van der Waals surface area contributed by atoms with Gasteiger partial charge in [-0.15, -0.1) is 0 Å². The molecule has 0 amide bonds. The molecule has 2 N–H and O–H groups in total. The quantitative estimate of drug-likeness (QED) is 0.593. The molecule has 1 aromatic rings. The Morgan fingerprint density at radius 3 is 2.79 bits per heavy atom. The summed E-state index contributed by atoms with van der Waals surface area (Å²) in [5.41, 5.74) is 2.05. The molecular formula is C15H20O3S. The van der Waals surface area contributed by atoms with Gasteiger partial charge in [-0.05, 0) is 29.9 Å². The van der Waals surface area contributed by atoms with Gasteiger partial charge in [0.05, 0.1) is 19.3 Å². The summed E-state index contributed by atoms with van der Waals surface area (Å²) in [6.07, 6.45) is 1.29. The summed E-state index contributed by atoms with van der Waals surface area (Å²) < 4.78 is 5.27. The van der Waals surface area contributed by atoms with E-state index in [1.807, 2.05) is 18.2 Å². The van der Waals surface area contributed by atoms with E-state index in [-0.39, 0.29) is 13.2 Å². The van der Waals surface area contributed by atoms with Gasteiger partial charge in [-0.25, -0.2) is 0 Å². The number of ether oxygens (including phenoxy) is 1. The summed E-state index contributed by atoms with van der Waals surface area (Å²) in [5, 5.41) is 17.5. The van der Waals surface area contributed by atoms with Crippen LogP contribution in [0.15, 0.2) is 18.2 Å². The second-order valence-corrected chi connectivity index (χ2v) is 5.04. The fourth-order valence-corrected chi connectivity index (χ4v) is 2.41. The molecule has 0 spiro atoms. The van der Waals surface area contributed by atoms with Crippen LogP contribution in [0.4, 0.5) is 0 Å². The lowest BCUT2D eigenvalue weighted by atomic mass is 10.1. The molecule has 0 aliphatic carbocycles. The van der Waals surface area contributed by atoms with E-state index in [2.05, 4.69) is 11.8 Å². The Morgan fingerprint density at radius 1 is 1.26 bits per heavy atom. The normalized spacial score (nSPS) is 9.84. The van der Waals surface area contributed by atoms with E-state index in [9.17, 15) is 0 Å². The smallest absolute Gasteiger partial charge is 0.134 e. The molecule has 104 valence electrons. The monoisotopic (exact) mass is 280 g/mol. The van der Waals surface area contributed by atoms with Crippen molar-refractivity contribution in [1.29, 1.82) is 0 Å². The molecule has 0 saturated carbocycles. The highest BCUT2D eigenvalue weighted by molar-refractivity contribution is 7.98. The first-order valence-corrected chi connectivity index (χ1v) is 7.42. The van der Waals surface area contributed by atoms with Crippen molar-refractivity contribution in [2.75, 3.05) is 26.1 Å². The average molecular weight is 280 g/mol. The van der Waals surface area contributed by atoms with Crippen LogP contribution in [0.1, 0.15) is 24.0 Å². The Labute approximate surface area is 119 Å². The van der Waals surface area contributed by atoms with Crippen LogP contribution in [0, 0.1) is 11.8 Å². The molecule has 0 aliphatic rings. The Balaban J connectivity index is 2.69. The molecule has 1 aromatic carbocycles. The van der Waals surface area contributed by atoms with Crippen LogP contribution in [0.3, 0.4) is 0 Å². The maximum atomic E-state index is 8.73. The molecule has 0 aliphatic heterocycles. The molecule has 0 unspecified atom stereocenters. The second-order valence-electron chi connectivity index (χ2n) is 3.94. The van der Waals surface area contributed by atoms with E-state index in [0.717, 1.165) is 29.2 Å². The van der Waals surface area contributed by atoms with E-state index in [4.69, 9.17) is 14.9 Å². The van der Waals surface area contributed by atoms with Gasteiger partial charge in [0.25, 0.3) is 0 Å². The van der Waals surface area contributed by atoms with Crippen LogP contribution in [-0.2, 0) is 5.75 Å². The maximum absolute atomic E-state index is 8.73. The van der Waals surface area contributed by atoms with E-state index in [1.165, 1.54) is 5.56 Å². The number of aliphatic hydroxyl groups is 2. The summed E-state index contributed by atoms with van der Waals surface area (Å²) in [4.78, 5) is 0. The number of benzene rings is 1. The van der Waals surface area contributed by atoms with Crippen LogP contribution < -0.4 is 4.74 Å². The molecule has 0 atom stereocenters. The van der Waals surface area contributed by atoms with E-state index in [1.54, 1.807) is 18.9 Å². The third-order valence-corrected chi connectivity index (χ3v) is 3.55. The van der Waals surface area contributed by atoms with E-state index in [0.29, 0.717) is 6.42 Å². The molecular weight excluding hydrogens is 260 g/mol. The van der Waals surface area contributed by atoms with Gasteiger partial charge in [-0.2, -0.15) is 11.8 Å². The van der Waals surface area contributed by atoms with Gasteiger partial charge in [0, 0.05) is 18.8 Å². The highest BCUT2D eigenvalue weighted by atomic mass is 32.2. The van der Waals surface area contributed by atoms with Gasteiger partial charge in [0.15, 0.2) is 0 Å². The molecule has 3 nitrogen and oxygen atoms in total. The minimum absolute atomic E-state index is 0.0754. The number of aliphatic hydroxyl groups excluding tert-OH is 2. The first-order valence-electron chi connectivity index (χ1n) is 6.27. The summed E-state index contributed by atoms with van der Waals surface area (Å²) in [5.74, 6) is 8.55. The zero-order valence-electron chi connectivity index (χ0n) is 11.2. The van der Waals surface area contributed by atoms with Gasteiger partial charge < -0.3 is 14.9 Å². The lowest BCUT2D eigenvalue weighted by molar-refractivity contribution is 0.296. The van der Waals surface area contributed by atoms with Gasteiger partial charge >= 0.3 is 0 Å². The fraction of sp³-hybridized carbons (Fsp3) is 0.467. The third-order valence-electron chi connectivity index (χ3n) is 2.44. The highest BCUT2D eigenvalue weighted by Crippen LogP contribution is 2.22. The standard InChI is InChI=1S/C15H20O3S/c1-18-15-7-6-13(12-19-10-4-9-17)11-14(15)5-2-3-8-16/h6-7,11,16-17H,3-4,8-10,12H2,1H3. The number of hydrogen-bond acceptors (Lipinski definition) is 4. The van der Waals surface area contributed by atoms with Crippen molar-refractivity contribution in [2.45, 2.75) is 18.6 Å². The molecule has 0 aromatic heterocycles. The van der Waals surface area contributed by atoms with Crippen LogP contribution in [0.5, 0.6) is 5.75 Å². The van der Waals surface area contributed by atoms with Gasteiger partial charge in [0.1, 0.15) is 5.75 Å². The fourth-order valence-electron chi connectivity index (χ4n) is 1.51. The van der Waals surface area contributed by atoms with E-state index < -0.39 is 0 Å². The number of hydrogen-bond donors (Lipinski definition) is 2. The summed E-state index contributed by atoms with van der Waals surface area (Å²) in [6, 6.07) is 5.97. The van der Waals surface area contributed by atoms with Crippen molar-refractivity contribution in [1.82, 2.24) is 0 Å². The molecule has 1 rings (SSSR count). The van der Waals surface area contributed by atoms with E-state index >= 15 is 0 Å². The van der Waals surface area contributed by atoms with Gasteiger partial charge in [-0.1, -0.05) is 17.9 Å². The minimum atomic E-state index is 0.0754. The Hall–Kier alpha value is -1.15. The average Bonchev–Trinajstić information content (AvgIpc) is 2.44. The molecule has 0 saturated heterocycles. The number of thioether (sulfide) groups is 1. The van der Waals surface area contributed by atoms with Crippen LogP contribution in [0.2, 0.25) is 0 Å². The Bertz CT molecular complexity index is 435. The van der Waals surface area contributed by atoms with Crippen LogP contribution >= 0.6 is 11.8 Å². The van der Waals surface area contributed by atoms with Crippen molar-refractivity contribution >= 4 is 11.8 Å². The summed E-state index contributed by atoms with van der Waals surface area (Å²) in [7, 11) is 1.63. The molecule has 0 radical (unpaired) electrons. The number of rotatable bonds is 7. The Kier molecular flexibility index (Phi) is 8.15. The van der Waals surface area contributed by atoms with Crippen molar-refractivity contribution < 1.29 is 14.9 Å². The summed E-state index contributed by atoms with van der Waals surface area (Å²) >= 11 is 1.79. The predicted molar refractivity (Wildman–Crippen MR) is 79.4 cm³/mol. The van der Waals surface area contributed by atoms with Crippen molar-refractivity contribution in [3.8, 4) is 17.6 Å². The first kappa shape index (κ1) is 15.9. The summed E-state index contributed by atoms with van der Waals surface area (Å²) in [6.45, 7) is 0.319. The molecule has 19 heavy (non-hydrogen) atoms. The van der Waals surface area contributed by atoms with Crippen molar-refractivity contribution in [3.05, 3.63) is 29.3 Å². The third kappa shape index (κ3) is 6.02. The molecule has 4 heteroatoms. The predicted octanol–water partition coefficient (Wildman–Crippen LogP) is 2.04. The van der Waals surface area contributed by atoms with Crippen molar-refractivity contribution in [3.63, 3.8) is 0 Å². The maximum Gasteiger partial charge on any atom is 0.134 e.